The molecule has 0 aliphatic heterocycles. The van der Waals surface area contributed by atoms with Crippen LogP contribution in [0.1, 0.15) is 27.7 Å². The Labute approximate surface area is 97.1 Å². The van der Waals surface area contributed by atoms with Crippen LogP contribution in [0.5, 0.6) is 0 Å². The number of hydrogen-bond acceptors (Lipinski definition) is 3. The van der Waals surface area contributed by atoms with E-state index in [4.69, 9.17) is 15.3 Å². The quantitative estimate of drug-likeness (QED) is 0.492. The van der Waals surface area contributed by atoms with Crippen LogP contribution in [0.4, 0.5) is 0 Å². The molecule has 0 fully saturated rings. The molecule has 0 unspecified atom stereocenters. The average molecular weight is 266 g/mol. The fourth-order valence-electron chi connectivity index (χ4n) is 0.118. The summed E-state index contributed by atoms with van der Waals surface area (Å²) in [6.45, 7) is 7.82. The summed E-state index contributed by atoms with van der Waals surface area (Å²) in [5.74, 6) is 0. The SMILES string of the molecule is C/C=C/[CH2][Ge].CCO.CCO.CCO. The fourth-order valence-corrected chi connectivity index (χ4v) is 0.612. The van der Waals surface area contributed by atoms with Gasteiger partial charge in [0.05, 0.1) is 0 Å². The van der Waals surface area contributed by atoms with E-state index in [2.05, 4.69) is 28.7 Å². The molecule has 0 aromatic rings. The molecule has 0 aliphatic carbocycles. The molecule has 0 bridgehead atoms. The van der Waals surface area contributed by atoms with Crippen LogP contribution < -0.4 is 0 Å². The van der Waals surface area contributed by atoms with Gasteiger partial charge in [-0.15, -0.1) is 0 Å². The first kappa shape index (κ1) is 23.8. The molecular weight excluding hydrogens is 241 g/mol. The van der Waals surface area contributed by atoms with Crippen molar-refractivity contribution >= 4 is 16.5 Å². The first-order valence-corrected chi connectivity index (χ1v) is 6.23. The third-order valence-corrected chi connectivity index (χ3v) is 0.848. The molecule has 3 nitrogen and oxygen atoms in total. The summed E-state index contributed by atoms with van der Waals surface area (Å²) < 4.78 is 0. The molecule has 0 aromatic carbocycles. The van der Waals surface area contributed by atoms with Gasteiger partial charge in [-0.2, -0.15) is 0 Å². The second-order valence-electron chi connectivity index (χ2n) is 1.72. The van der Waals surface area contributed by atoms with Gasteiger partial charge in [-0.3, -0.25) is 0 Å². The van der Waals surface area contributed by atoms with E-state index in [0.717, 1.165) is 5.25 Å². The smallest absolute Gasteiger partial charge is 0.0402 e. The maximum absolute atomic E-state index is 7.57. The monoisotopic (exact) mass is 267 g/mol. The molecule has 3 radical (unpaired) electrons. The molecule has 0 saturated carbocycles. The predicted octanol–water partition coefficient (Wildman–Crippen LogP) is 1.15. The first-order chi connectivity index (χ1) is 6.66. The molecule has 0 aromatic heterocycles. The number of hydrogen-bond donors (Lipinski definition) is 3. The van der Waals surface area contributed by atoms with Gasteiger partial charge in [-0.25, -0.2) is 0 Å². The third-order valence-electron chi connectivity index (χ3n) is 0.354. The molecule has 87 valence electrons. The number of rotatable bonds is 1. The largest absolute Gasteiger partial charge is 0.397 e. The molecule has 0 spiro atoms. The van der Waals surface area contributed by atoms with Crippen LogP contribution in [0.3, 0.4) is 0 Å². The van der Waals surface area contributed by atoms with Crippen molar-refractivity contribution in [3.63, 3.8) is 0 Å². The fraction of sp³-hybridized carbons (Fsp3) is 0.800. The zero-order chi connectivity index (χ0) is 12.2. The minimum absolute atomic E-state index is 0.250. The summed E-state index contributed by atoms with van der Waals surface area (Å²) in [4.78, 5) is 0. The number of aliphatic hydroxyl groups is 3. The molecule has 0 atom stereocenters. The van der Waals surface area contributed by atoms with Crippen molar-refractivity contribution in [2.24, 2.45) is 0 Å². The van der Waals surface area contributed by atoms with Crippen molar-refractivity contribution in [3.05, 3.63) is 12.2 Å². The number of aliphatic hydroxyl groups excluding tert-OH is 3. The summed E-state index contributed by atoms with van der Waals surface area (Å²) >= 11 is 2.12. The van der Waals surface area contributed by atoms with Crippen molar-refractivity contribution in [3.8, 4) is 0 Å². The second kappa shape index (κ2) is 51.3. The average Bonchev–Trinajstić information content (AvgIpc) is 2.09. The Hall–Kier alpha value is 0.163. The normalized spacial score (nSPS) is 7.43. The van der Waals surface area contributed by atoms with Crippen LogP contribution in [-0.2, 0) is 0 Å². The zero-order valence-electron chi connectivity index (χ0n) is 9.82. The molecule has 3 N–H and O–H groups in total. The maximum atomic E-state index is 7.57. The van der Waals surface area contributed by atoms with Crippen LogP contribution in [0.2, 0.25) is 5.25 Å². The summed E-state index contributed by atoms with van der Waals surface area (Å²) in [6, 6.07) is 0. The van der Waals surface area contributed by atoms with Gasteiger partial charge in [0.2, 0.25) is 0 Å². The van der Waals surface area contributed by atoms with Crippen molar-refractivity contribution in [2.45, 2.75) is 32.9 Å². The standard InChI is InChI=1S/C4H7Ge.3C2H6O/c1-2-3-4-5;3*1-2-3/h2-3H,4H2,1H3;3*3H,2H2,1H3/b3-2+;;;. The van der Waals surface area contributed by atoms with Gasteiger partial charge < -0.3 is 15.3 Å². The predicted molar refractivity (Wildman–Crippen MR) is 63.7 cm³/mol. The summed E-state index contributed by atoms with van der Waals surface area (Å²) in [6.07, 6.45) is 4.18. The third kappa shape index (κ3) is 324. The van der Waals surface area contributed by atoms with E-state index in [0.29, 0.717) is 0 Å². The Morgan fingerprint density at radius 3 is 1.14 bits per heavy atom. The van der Waals surface area contributed by atoms with Gasteiger partial charge in [0.1, 0.15) is 0 Å². The van der Waals surface area contributed by atoms with Crippen molar-refractivity contribution in [1.82, 2.24) is 0 Å². The van der Waals surface area contributed by atoms with Gasteiger partial charge in [0.15, 0.2) is 0 Å². The van der Waals surface area contributed by atoms with Crippen LogP contribution in [0.25, 0.3) is 0 Å². The summed E-state index contributed by atoms with van der Waals surface area (Å²) in [5, 5.41) is 23.9. The van der Waals surface area contributed by atoms with Crippen molar-refractivity contribution in [1.29, 1.82) is 0 Å². The molecular formula is C10H25GeO3. The van der Waals surface area contributed by atoms with Gasteiger partial charge in [0, 0.05) is 19.8 Å². The van der Waals surface area contributed by atoms with E-state index in [1.54, 1.807) is 20.8 Å². The van der Waals surface area contributed by atoms with Crippen LogP contribution >= 0.6 is 0 Å². The second-order valence-corrected chi connectivity index (χ2v) is 2.58. The van der Waals surface area contributed by atoms with Gasteiger partial charge in [-0.05, 0) is 20.8 Å². The number of allylic oxidation sites excluding steroid dienone is 2. The first-order valence-electron chi connectivity index (χ1n) is 4.74. The Kier molecular flexibility index (Phi) is 87.0. The Balaban J connectivity index is -0.0000000495. The topological polar surface area (TPSA) is 60.7 Å². The Bertz CT molecular complexity index is 63.6. The molecule has 0 amide bonds. The van der Waals surface area contributed by atoms with Crippen LogP contribution in [-0.4, -0.2) is 51.7 Å². The zero-order valence-corrected chi connectivity index (χ0v) is 11.9. The minimum Gasteiger partial charge on any atom is -0.397 e. The van der Waals surface area contributed by atoms with Gasteiger partial charge in [-0.1, -0.05) is 0 Å². The van der Waals surface area contributed by atoms with E-state index in [1.165, 1.54) is 0 Å². The van der Waals surface area contributed by atoms with Crippen molar-refractivity contribution < 1.29 is 15.3 Å². The molecule has 0 heterocycles. The molecule has 0 rings (SSSR count). The molecule has 0 saturated heterocycles. The van der Waals surface area contributed by atoms with Gasteiger partial charge in [0.25, 0.3) is 0 Å². The van der Waals surface area contributed by atoms with Crippen molar-refractivity contribution in [2.75, 3.05) is 19.8 Å². The van der Waals surface area contributed by atoms with E-state index in [1.807, 2.05) is 6.92 Å². The summed E-state index contributed by atoms with van der Waals surface area (Å²) in [7, 11) is 0. The van der Waals surface area contributed by atoms with Crippen LogP contribution in [0.15, 0.2) is 12.2 Å². The van der Waals surface area contributed by atoms with E-state index < -0.39 is 0 Å². The van der Waals surface area contributed by atoms with Gasteiger partial charge >= 0.3 is 40.8 Å². The maximum Gasteiger partial charge on any atom is 0.0402 e. The molecule has 0 aliphatic rings. The molecule has 4 heteroatoms. The minimum atomic E-state index is 0.250. The van der Waals surface area contributed by atoms with E-state index in [9.17, 15) is 0 Å². The van der Waals surface area contributed by atoms with Crippen LogP contribution in [0, 0.1) is 0 Å². The Morgan fingerprint density at radius 2 is 1.14 bits per heavy atom. The summed E-state index contributed by atoms with van der Waals surface area (Å²) in [5.41, 5.74) is 0. The van der Waals surface area contributed by atoms with E-state index in [-0.39, 0.29) is 19.8 Å². The Morgan fingerprint density at radius 1 is 0.929 bits per heavy atom. The van der Waals surface area contributed by atoms with E-state index >= 15 is 0 Å². The molecule has 14 heavy (non-hydrogen) atoms.